The van der Waals surface area contributed by atoms with Crippen LogP contribution in [0.4, 0.5) is 23.7 Å². The van der Waals surface area contributed by atoms with Crippen molar-refractivity contribution in [1.82, 2.24) is 15.1 Å². The van der Waals surface area contributed by atoms with E-state index in [-0.39, 0.29) is 12.1 Å². The molecule has 3 rings (SSSR count). The number of thiophene rings is 1. The Labute approximate surface area is 185 Å². The fourth-order valence-electron chi connectivity index (χ4n) is 3.93. The van der Waals surface area contributed by atoms with Crippen LogP contribution >= 0.6 is 11.3 Å². The molecule has 5 nitrogen and oxygen atoms in total. The van der Waals surface area contributed by atoms with Gasteiger partial charge in [-0.2, -0.15) is 24.5 Å². The van der Waals surface area contributed by atoms with E-state index >= 15 is 0 Å². The lowest BCUT2D eigenvalue weighted by atomic mass is 10.1. The Morgan fingerprint density at radius 3 is 2.45 bits per heavy atom. The van der Waals surface area contributed by atoms with E-state index in [1.54, 1.807) is 22.3 Å². The van der Waals surface area contributed by atoms with Crippen molar-refractivity contribution in [1.29, 1.82) is 0 Å². The standard InChI is InChI=1S/C22H29F3N4OS/c1-3-27(4-2)20(17-8-13-31-16-17)15-26-21(30)29-11-9-28(10-12-29)19-7-5-6-18(14-19)22(23,24)25/h5-8,13-14,16,20H,3-4,9-12,15H2,1-2H3,(H,26,30). The number of nitrogens with one attached hydrogen (secondary N) is 1. The van der Waals surface area contributed by atoms with Gasteiger partial charge in [0.25, 0.3) is 0 Å². The van der Waals surface area contributed by atoms with E-state index in [0.717, 1.165) is 19.2 Å². The molecule has 0 aliphatic carbocycles. The lowest BCUT2D eigenvalue weighted by Gasteiger charge is -2.37. The topological polar surface area (TPSA) is 38.8 Å². The maximum Gasteiger partial charge on any atom is 0.416 e. The molecular formula is C22H29F3N4OS. The number of rotatable bonds is 7. The molecule has 1 atom stereocenters. The second-order valence-corrected chi connectivity index (χ2v) is 8.28. The summed E-state index contributed by atoms with van der Waals surface area (Å²) < 4.78 is 38.9. The number of likely N-dealkylation sites (N-methyl/N-ethyl adjacent to an activating group) is 1. The SMILES string of the molecule is CCN(CC)C(CNC(=O)N1CCN(c2cccc(C(F)(F)F)c2)CC1)c1ccsc1. The van der Waals surface area contributed by atoms with Gasteiger partial charge < -0.3 is 15.1 Å². The van der Waals surface area contributed by atoms with Gasteiger partial charge in [0.15, 0.2) is 0 Å². The van der Waals surface area contributed by atoms with Crippen molar-refractivity contribution in [3.8, 4) is 0 Å². The summed E-state index contributed by atoms with van der Waals surface area (Å²) in [5, 5.41) is 7.21. The van der Waals surface area contributed by atoms with Gasteiger partial charge >= 0.3 is 12.2 Å². The Bertz CT molecular complexity index is 832. The van der Waals surface area contributed by atoms with Gasteiger partial charge in [0.1, 0.15) is 0 Å². The number of benzene rings is 1. The Kier molecular flexibility index (Phi) is 7.83. The fourth-order valence-corrected chi connectivity index (χ4v) is 4.64. The molecule has 1 unspecified atom stereocenters. The predicted molar refractivity (Wildman–Crippen MR) is 119 cm³/mol. The Morgan fingerprint density at radius 1 is 1.16 bits per heavy atom. The molecule has 1 aromatic carbocycles. The maximum absolute atomic E-state index is 13.0. The molecule has 2 amide bonds. The third-order valence-electron chi connectivity index (χ3n) is 5.73. The normalized spacial score (nSPS) is 15.9. The molecule has 31 heavy (non-hydrogen) atoms. The summed E-state index contributed by atoms with van der Waals surface area (Å²) in [6.07, 6.45) is -4.36. The van der Waals surface area contributed by atoms with Gasteiger partial charge in [0, 0.05) is 38.4 Å². The van der Waals surface area contributed by atoms with Crippen LogP contribution in [0.1, 0.15) is 31.0 Å². The van der Waals surface area contributed by atoms with Crippen molar-refractivity contribution in [3.05, 3.63) is 52.2 Å². The average Bonchev–Trinajstić information content (AvgIpc) is 3.30. The fraction of sp³-hybridized carbons (Fsp3) is 0.500. The number of amides is 2. The monoisotopic (exact) mass is 454 g/mol. The number of hydrogen-bond donors (Lipinski definition) is 1. The first-order valence-electron chi connectivity index (χ1n) is 10.5. The highest BCUT2D eigenvalue weighted by molar-refractivity contribution is 7.07. The highest BCUT2D eigenvalue weighted by Gasteiger charge is 2.31. The molecule has 0 bridgehead atoms. The van der Waals surface area contributed by atoms with Gasteiger partial charge in [-0.15, -0.1) is 0 Å². The number of hydrogen-bond acceptors (Lipinski definition) is 4. The van der Waals surface area contributed by atoms with Crippen LogP contribution < -0.4 is 10.2 Å². The number of piperazine rings is 1. The van der Waals surface area contributed by atoms with Gasteiger partial charge in [0.2, 0.25) is 0 Å². The van der Waals surface area contributed by atoms with Crippen LogP contribution in [0.25, 0.3) is 0 Å². The van der Waals surface area contributed by atoms with Crippen molar-refractivity contribution in [2.45, 2.75) is 26.1 Å². The minimum atomic E-state index is -4.36. The van der Waals surface area contributed by atoms with Crippen LogP contribution in [0.3, 0.4) is 0 Å². The molecule has 1 aliphatic heterocycles. The van der Waals surface area contributed by atoms with Crippen molar-refractivity contribution in [3.63, 3.8) is 0 Å². The number of carbonyl (C=O) groups is 1. The molecule has 0 saturated carbocycles. The predicted octanol–water partition coefficient (Wildman–Crippen LogP) is 4.68. The highest BCUT2D eigenvalue weighted by atomic mass is 32.1. The molecule has 1 saturated heterocycles. The first-order valence-corrected chi connectivity index (χ1v) is 11.5. The summed E-state index contributed by atoms with van der Waals surface area (Å²) in [7, 11) is 0. The zero-order chi connectivity index (χ0) is 22.4. The first kappa shape index (κ1) is 23.4. The van der Waals surface area contributed by atoms with E-state index in [0.29, 0.717) is 38.4 Å². The number of nitrogens with zero attached hydrogens (tertiary/aromatic N) is 3. The van der Waals surface area contributed by atoms with E-state index in [2.05, 4.69) is 35.5 Å². The minimum absolute atomic E-state index is 0.122. The van der Waals surface area contributed by atoms with Crippen LogP contribution in [0.15, 0.2) is 41.1 Å². The highest BCUT2D eigenvalue weighted by Crippen LogP contribution is 2.32. The van der Waals surface area contributed by atoms with Crippen molar-refractivity contribution in [2.75, 3.05) is 50.7 Å². The molecule has 0 spiro atoms. The van der Waals surface area contributed by atoms with Crippen LogP contribution in [-0.4, -0.2) is 61.6 Å². The summed E-state index contributed by atoms with van der Waals surface area (Å²) in [5.74, 6) is 0. The second-order valence-electron chi connectivity index (χ2n) is 7.50. The molecule has 2 heterocycles. The summed E-state index contributed by atoms with van der Waals surface area (Å²) in [4.78, 5) is 18.7. The zero-order valence-corrected chi connectivity index (χ0v) is 18.7. The third kappa shape index (κ3) is 5.92. The lowest BCUT2D eigenvalue weighted by molar-refractivity contribution is -0.137. The van der Waals surface area contributed by atoms with Gasteiger partial charge in [0.05, 0.1) is 11.6 Å². The largest absolute Gasteiger partial charge is 0.416 e. The van der Waals surface area contributed by atoms with Crippen molar-refractivity contribution in [2.24, 2.45) is 0 Å². The molecule has 170 valence electrons. The molecule has 2 aromatic rings. The summed E-state index contributed by atoms with van der Waals surface area (Å²) in [6.45, 7) is 8.45. The summed E-state index contributed by atoms with van der Waals surface area (Å²) >= 11 is 1.64. The molecule has 1 fully saturated rings. The van der Waals surface area contributed by atoms with Crippen LogP contribution in [-0.2, 0) is 6.18 Å². The molecule has 1 aliphatic rings. The third-order valence-corrected chi connectivity index (χ3v) is 6.43. The number of anilines is 1. The Balaban J connectivity index is 1.55. The van der Waals surface area contributed by atoms with Crippen LogP contribution in [0, 0.1) is 0 Å². The Hall–Kier alpha value is -2.26. The second kappa shape index (κ2) is 10.4. The molecule has 9 heteroatoms. The summed E-state index contributed by atoms with van der Waals surface area (Å²) in [5.41, 5.74) is 1.08. The quantitative estimate of drug-likeness (QED) is 0.660. The molecule has 1 aromatic heterocycles. The Morgan fingerprint density at radius 2 is 1.87 bits per heavy atom. The molecule has 0 radical (unpaired) electrons. The summed E-state index contributed by atoms with van der Waals surface area (Å²) in [6, 6.07) is 7.44. The van der Waals surface area contributed by atoms with E-state index in [1.807, 2.05) is 10.3 Å². The van der Waals surface area contributed by atoms with Gasteiger partial charge in [-0.3, -0.25) is 4.90 Å². The zero-order valence-electron chi connectivity index (χ0n) is 17.9. The maximum atomic E-state index is 13.0. The smallest absolute Gasteiger partial charge is 0.368 e. The van der Waals surface area contributed by atoms with Gasteiger partial charge in [-0.1, -0.05) is 19.9 Å². The van der Waals surface area contributed by atoms with Gasteiger partial charge in [-0.05, 0) is 53.7 Å². The lowest BCUT2D eigenvalue weighted by Crippen LogP contribution is -2.52. The number of carbonyl (C=O) groups excluding carboxylic acids is 1. The number of halogens is 3. The van der Waals surface area contributed by atoms with Crippen molar-refractivity contribution < 1.29 is 18.0 Å². The van der Waals surface area contributed by atoms with E-state index < -0.39 is 11.7 Å². The van der Waals surface area contributed by atoms with E-state index in [4.69, 9.17) is 0 Å². The minimum Gasteiger partial charge on any atom is -0.368 e. The van der Waals surface area contributed by atoms with E-state index in [1.165, 1.54) is 17.7 Å². The van der Waals surface area contributed by atoms with Gasteiger partial charge in [-0.25, -0.2) is 4.79 Å². The van der Waals surface area contributed by atoms with E-state index in [9.17, 15) is 18.0 Å². The number of alkyl halides is 3. The first-order chi connectivity index (χ1) is 14.8. The van der Waals surface area contributed by atoms with Crippen LogP contribution in [0.2, 0.25) is 0 Å². The van der Waals surface area contributed by atoms with Crippen LogP contribution in [0.5, 0.6) is 0 Å². The molecular weight excluding hydrogens is 425 g/mol. The average molecular weight is 455 g/mol. The van der Waals surface area contributed by atoms with Crippen molar-refractivity contribution >= 4 is 23.1 Å². The molecule has 1 N–H and O–H groups in total. The number of urea groups is 1.